The highest BCUT2D eigenvalue weighted by atomic mass is 19.4. The van der Waals surface area contributed by atoms with Gasteiger partial charge in [0.1, 0.15) is 5.69 Å². The van der Waals surface area contributed by atoms with Gasteiger partial charge in [-0.25, -0.2) is 4.98 Å². The molecule has 4 heterocycles. The minimum atomic E-state index is -4.45. The highest BCUT2D eigenvalue weighted by molar-refractivity contribution is 5.96. The number of hydrogen-bond donors (Lipinski definition) is 1. The van der Waals surface area contributed by atoms with E-state index in [2.05, 4.69) is 15.1 Å². The predicted molar refractivity (Wildman–Crippen MR) is 127 cm³/mol. The Morgan fingerprint density at radius 3 is 2.46 bits per heavy atom. The van der Waals surface area contributed by atoms with E-state index in [1.807, 2.05) is 4.90 Å². The fourth-order valence-corrected chi connectivity index (χ4v) is 5.20. The zero-order chi connectivity index (χ0) is 24.6. The summed E-state index contributed by atoms with van der Waals surface area (Å²) in [5.41, 5.74) is 2.19. The van der Waals surface area contributed by atoms with Crippen LogP contribution in [0.25, 0.3) is 22.4 Å². The van der Waals surface area contributed by atoms with E-state index in [9.17, 15) is 18.0 Å². The van der Waals surface area contributed by atoms with Crippen LogP contribution in [0.1, 0.15) is 47.3 Å². The van der Waals surface area contributed by atoms with Crippen LogP contribution in [0.15, 0.2) is 42.7 Å². The number of hydrogen-bond acceptors (Lipinski definition) is 4. The van der Waals surface area contributed by atoms with Gasteiger partial charge < -0.3 is 9.80 Å². The number of H-pyrrole nitrogens is 1. The summed E-state index contributed by atoms with van der Waals surface area (Å²) in [5.74, 6) is -0.136. The Labute approximate surface area is 202 Å². The lowest BCUT2D eigenvalue weighted by Gasteiger charge is -2.36. The molecule has 0 aliphatic carbocycles. The second-order valence-corrected chi connectivity index (χ2v) is 9.38. The van der Waals surface area contributed by atoms with Crippen molar-refractivity contribution in [2.75, 3.05) is 26.2 Å². The van der Waals surface area contributed by atoms with Gasteiger partial charge in [0, 0.05) is 36.5 Å². The number of alkyl halides is 3. The van der Waals surface area contributed by atoms with Crippen LogP contribution in [0.4, 0.5) is 13.2 Å². The molecule has 0 spiro atoms. The second-order valence-electron chi connectivity index (χ2n) is 9.38. The molecule has 0 bridgehead atoms. The zero-order valence-electron chi connectivity index (χ0n) is 19.6. The molecule has 2 aliphatic rings. The van der Waals surface area contributed by atoms with E-state index in [1.54, 1.807) is 31.5 Å². The van der Waals surface area contributed by atoms with Crippen LogP contribution >= 0.6 is 0 Å². The Bertz CT molecular complexity index is 1190. The van der Waals surface area contributed by atoms with Crippen molar-refractivity contribution in [2.45, 2.75) is 44.8 Å². The number of carbonyl (C=O) groups excluding carboxylic acids is 1. The third kappa shape index (κ3) is 4.82. The van der Waals surface area contributed by atoms with E-state index in [0.717, 1.165) is 38.1 Å². The number of benzene rings is 1. The lowest BCUT2D eigenvalue weighted by molar-refractivity contribution is -0.137. The van der Waals surface area contributed by atoms with E-state index in [-0.39, 0.29) is 5.91 Å². The molecule has 2 saturated heterocycles. The van der Waals surface area contributed by atoms with Crippen LogP contribution in [0.5, 0.6) is 0 Å². The van der Waals surface area contributed by atoms with Gasteiger partial charge in [-0.3, -0.25) is 9.89 Å². The summed E-state index contributed by atoms with van der Waals surface area (Å²) >= 11 is 0. The summed E-state index contributed by atoms with van der Waals surface area (Å²) < 4.78 is 40.1. The van der Waals surface area contributed by atoms with Gasteiger partial charge in [0.2, 0.25) is 0 Å². The summed E-state index contributed by atoms with van der Waals surface area (Å²) in [5, 5.41) is 6.71. The summed E-state index contributed by atoms with van der Waals surface area (Å²) in [7, 11) is 0. The number of nitrogens with one attached hydrogen (secondary N) is 1. The zero-order valence-corrected chi connectivity index (χ0v) is 19.6. The average molecular weight is 484 g/mol. The van der Waals surface area contributed by atoms with Crippen molar-refractivity contribution in [2.24, 2.45) is 0 Å². The van der Waals surface area contributed by atoms with E-state index in [4.69, 9.17) is 4.98 Å². The van der Waals surface area contributed by atoms with Crippen molar-refractivity contribution in [1.82, 2.24) is 25.0 Å². The maximum atomic E-state index is 13.5. The largest absolute Gasteiger partial charge is 0.416 e. The molecule has 0 atom stereocenters. The second kappa shape index (κ2) is 9.45. The number of carbonyl (C=O) groups is 1. The van der Waals surface area contributed by atoms with Gasteiger partial charge in [0.05, 0.1) is 17.5 Å². The van der Waals surface area contributed by atoms with Gasteiger partial charge in [-0.05, 0) is 75.0 Å². The standard InChI is InChI=1S/C26H28F3N5O/c1-17-13-22(18-5-4-6-20(14-18)26(27,28)29)24(19-15-30-31-16-19)32-23(17)25(35)34-11-7-21(8-12-34)33-9-2-3-10-33/h4-6,13-16,21H,2-3,7-12H2,1H3,(H,30,31). The van der Waals surface area contributed by atoms with Crippen LogP contribution < -0.4 is 0 Å². The van der Waals surface area contributed by atoms with Crippen LogP contribution in [0.3, 0.4) is 0 Å². The van der Waals surface area contributed by atoms with Gasteiger partial charge in [-0.1, -0.05) is 12.1 Å². The molecular formula is C26H28F3N5O. The SMILES string of the molecule is Cc1cc(-c2cccc(C(F)(F)F)c2)c(-c2cn[nH]c2)nc1C(=O)N1CCC(N2CCCC2)CC1. The Kier molecular flexibility index (Phi) is 6.35. The molecule has 1 aromatic carbocycles. The molecule has 9 heteroatoms. The molecule has 2 fully saturated rings. The first-order valence-electron chi connectivity index (χ1n) is 12.0. The number of aryl methyl sites for hydroxylation is 1. The Hall–Kier alpha value is -3.20. The molecule has 5 rings (SSSR count). The molecule has 0 unspecified atom stereocenters. The molecule has 1 N–H and O–H groups in total. The van der Waals surface area contributed by atoms with Crippen molar-refractivity contribution >= 4 is 5.91 Å². The molecule has 1 amide bonds. The number of halogens is 3. The molecule has 0 saturated carbocycles. The molecular weight excluding hydrogens is 455 g/mol. The number of piperidine rings is 1. The van der Waals surface area contributed by atoms with Gasteiger partial charge in [0.25, 0.3) is 5.91 Å². The third-order valence-electron chi connectivity index (χ3n) is 7.10. The fourth-order valence-electron chi connectivity index (χ4n) is 5.20. The van der Waals surface area contributed by atoms with Crippen LogP contribution in [0.2, 0.25) is 0 Å². The molecule has 6 nitrogen and oxygen atoms in total. The van der Waals surface area contributed by atoms with E-state index in [1.165, 1.54) is 18.9 Å². The summed E-state index contributed by atoms with van der Waals surface area (Å²) in [6.07, 6.45) is 3.12. The smallest absolute Gasteiger partial charge is 0.337 e. The topological polar surface area (TPSA) is 65.1 Å². The number of likely N-dealkylation sites (tertiary alicyclic amines) is 2. The number of amides is 1. The number of aromatic nitrogens is 3. The van der Waals surface area contributed by atoms with Gasteiger partial charge in [-0.15, -0.1) is 0 Å². The van der Waals surface area contributed by atoms with Gasteiger partial charge in [0.15, 0.2) is 0 Å². The van der Waals surface area contributed by atoms with Crippen LogP contribution in [-0.4, -0.2) is 63.1 Å². The van der Waals surface area contributed by atoms with Gasteiger partial charge in [-0.2, -0.15) is 18.3 Å². The molecule has 3 aromatic rings. The Morgan fingerprint density at radius 2 is 1.80 bits per heavy atom. The monoisotopic (exact) mass is 483 g/mol. The fraction of sp³-hybridized carbons (Fsp3) is 0.423. The van der Waals surface area contributed by atoms with E-state index < -0.39 is 11.7 Å². The Balaban J connectivity index is 1.46. The van der Waals surface area contributed by atoms with Crippen molar-refractivity contribution in [3.05, 3.63) is 59.5 Å². The molecule has 184 valence electrons. The number of rotatable bonds is 4. The highest BCUT2D eigenvalue weighted by Gasteiger charge is 2.32. The number of pyridine rings is 1. The Morgan fingerprint density at radius 1 is 1.06 bits per heavy atom. The highest BCUT2D eigenvalue weighted by Crippen LogP contribution is 2.36. The van der Waals surface area contributed by atoms with E-state index in [0.29, 0.717) is 52.8 Å². The quantitative estimate of drug-likeness (QED) is 0.556. The first-order valence-corrected chi connectivity index (χ1v) is 12.0. The predicted octanol–water partition coefficient (Wildman–Crippen LogP) is 5.17. The summed E-state index contributed by atoms with van der Waals surface area (Å²) in [6, 6.07) is 7.46. The maximum absolute atomic E-state index is 13.5. The minimum absolute atomic E-state index is 0.136. The minimum Gasteiger partial charge on any atom is -0.337 e. The van der Waals surface area contributed by atoms with Crippen molar-refractivity contribution in [3.63, 3.8) is 0 Å². The normalized spacial score (nSPS) is 17.8. The number of nitrogens with zero attached hydrogens (tertiary/aromatic N) is 4. The van der Waals surface area contributed by atoms with Crippen molar-refractivity contribution in [3.8, 4) is 22.4 Å². The van der Waals surface area contributed by atoms with Crippen LogP contribution in [-0.2, 0) is 6.18 Å². The third-order valence-corrected chi connectivity index (χ3v) is 7.10. The number of aromatic amines is 1. The lowest BCUT2D eigenvalue weighted by atomic mass is 9.96. The molecule has 2 aromatic heterocycles. The van der Waals surface area contributed by atoms with Crippen LogP contribution in [0, 0.1) is 6.92 Å². The summed E-state index contributed by atoms with van der Waals surface area (Å²) in [6.45, 7) is 5.43. The first-order chi connectivity index (χ1) is 16.8. The summed E-state index contributed by atoms with van der Waals surface area (Å²) in [4.78, 5) is 22.6. The lowest BCUT2D eigenvalue weighted by Crippen LogP contribution is -2.46. The maximum Gasteiger partial charge on any atom is 0.416 e. The molecule has 2 aliphatic heterocycles. The van der Waals surface area contributed by atoms with Crippen molar-refractivity contribution < 1.29 is 18.0 Å². The van der Waals surface area contributed by atoms with E-state index >= 15 is 0 Å². The molecule has 35 heavy (non-hydrogen) atoms. The molecule has 0 radical (unpaired) electrons. The first kappa shape index (κ1) is 23.5. The average Bonchev–Trinajstić information content (AvgIpc) is 3.58. The van der Waals surface area contributed by atoms with Crippen molar-refractivity contribution in [1.29, 1.82) is 0 Å². The van der Waals surface area contributed by atoms with Gasteiger partial charge >= 0.3 is 6.18 Å².